The average Bonchev–Trinajstić information content (AvgIpc) is 3.11. The van der Waals surface area contributed by atoms with Crippen molar-refractivity contribution in [1.29, 1.82) is 0 Å². The second kappa shape index (κ2) is 5.93. The molecule has 0 saturated carbocycles. The Balaban J connectivity index is 1.78. The van der Waals surface area contributed by atoms with Crippen LogP contribution in [0.3, 0.4) is 0 Å². The number of nitrogens with one attached hydrogen (secondary N) is 1. The number of thiazole rings is 1. The zero-order valence-corrected chi connectivity index (χ0v) is 12.9. The normalized spacial score (nSPS) is 13.8. The first kappa shape index (κ1) is 13.6. The Morgan fingerprint density at radius 1 is 1.45 bits per heavy atom. The highest BCUT2D eigenvalue weighted by molar-refractivity contribution is 7.14. The van der Waals surface area contributed by atoms with Crippen molar-refractivity contribution in [2.75, 3.05) is 7.11 Å². The Kier molecular flexibility index (Phi) is 4.03. The van der Waals surface area contributed by atoms with E-state index in [-0.39, 0.29) is 5.91 Å². The van der Waals surface area contributed by atoms with Gasteiger partial charge in [-0.15, -0.1) is 22.7 Å². The van der Waals surface area contributed by atoms with Crippen molar-refractivity contribution >= 4 is 28.6 Å². The number of fused-ring (bicyclic) bond motifs is 1. The van der Waals surface area contributed by atoms with E-state index in [1.807, 2.05) is 5.38 Å². The van der Waals surface area contributed by atoms with Gasteiger partial charge in [0, 0.05) is 22.0 Å². The molecule has 0 saturated heterocycles. The van der Waals surface area contributed by atoms with Gasteiger partial charge >= 0.3 is 0 Å². The average molecular weight is 308 g/mol. The largest absolute Gasteiger partial charge is 0.495 e. The molecule has 2 heterocycles. The molecule has 0 unspecified atom stereocenters. The lowest BCUT2D eigenvalue weighted by molar-refractivity contribution is 0.0952. The van der Waals surface area contributed by atoms with E-state index in [0.717, 1.165) is 23.6 Å². The van der Waals surface area contributed by atoms with Gasteiger partial charge < -0.3 is 10.1 Å². The monoisotopic (exact) mass is 308 g/mol. The molecule has 106 valence electrons. The predicted molar refractivity (Wildman–Crippen MR) is 80.8 cm³/mol. The number of carbonyl (C=O) groups is 1. The van der Waals surface area contributed by atoms with E-state index in [9.17, 15) is 4.79 Å². The minimum absolute atomic E-state index is 0.0588. The Bertz CT molecular complexity index is 605. The third kappa shape index (κ3) is 2.58. The number of hydrogen-bond donors (Lipinski definition) is 1. The number of methoxy groups -OCH3 is 1. The first-order valence-electron chi connectivity index (χ1n) is 6.64. The van der Waals surface area contributed by atoms with Crippen molar-refractivity contribution in [3.8, 4) is 5.75 Å². The van der Waals surface area contributed by atoms with Gasteiger partial charge in [0.1, 0.15) is 15.6 Å². The number of nitrogens with zero attached hydrogens (tertiary/aromatic N) is 1. The van der Waals surface area contributed by atoms with Crippen LogP contribution in [0.25, 0.3) is 0 Å². The number of hydrogen-bond acceptors (Lipinski definition) is 5. The molecule has 6 heteroatoms. The van der Waals surface area contributed by atoms with Gasteiger partial charge in [0.15, 0.2) is 0 Å². The second-order valence-corrected chi connectivity index (χ2v) is 6.77. The summed E-state index contributed by atoms with van der Waals surface area (Å²) in [6.07, 6.45) is 6.22. The van der Waals surface area contributed by atoms with Crippen LogP contribution in [0.1, 0.15) is 38.0 Å². The van der Waals surface area contributed by atoms with Crippen LogP contribution < -0.4 is 10.1 Å². The van der Waals surface area contributed by atoms with Crippen LogP contribution in [-0.4, -0.2) is 18.0 Å². The van der Waals surface area contributed by atoms with Crippen LogP contribution in [0.2, 0.25) is 0 Å². The summed E-state index contributed by atoms with van der Waals surface area (Å²) in [7, 11) is 1.65. The van der Waals surface area contributed by atoms with Gasteiger partial charge in [0.25, 0.3) is 5.91 Å². The molecule has 2 aromatic rings. The minimum atomic E-state index is -0.0588. The van der Waals surface area contributed by atoms with Crippen molar-refractivity contribution in [3.05, 3.63) is 31.9 Å². The minimum Gasteiger partial charge on any atom is -0.495 e. The fourth-order valence-electron chi connectivity index (χ4n) is 2.48. The van der Waals surface area contributed by atoms with Crippen LogP contribution in [0.5, 0.6) is 5.75 Å². The molecule has 2 aromatic heterocycles. The molecule has 1 N–H and O–H groups in total. The third-order valence-electron chi connectivity index (χ3n) is 3.42. The zero-order valence-electron chi connectivity index (χ0n) is 11.3. The van der Waals surface area contributed by atoms with Gasteiger partial charge in [-0.2, -0.15) is 0 Å². The van der Waals surface area contributed by atoms with Crippen LogP contribution in [0.15, 0.2) is 11.6 Å². The van der Waals surface area contributed by atoms with E-state index in [1.54, 1.807) is 36.0 Å². The standard InChI is InChI=1S/C14H16N2O2S2/c1-18-12-9-4-2-3-5-10(9)20-13(12)14(17)16-8-11-15-6-7-19-11/h6-7H,2-5,8H2,1H3,(H,16,17). The van der Waals surface area contributed by atoms with Crippen molar-refractivity contribution < 1.29 is 9.53 Å². The molecule has 3 rings (SSSR count). The maximum atomic E-state index is 12.3. The number of aryl methyl sites for hydroxylation is 1. The maximum Gasteiger partial charge on any atom is 0.265 e. The Hall–Kier alpha value is -1.40. The lowest BCUT2D eigenvalue weighted by Gasteiger charge is -2.11. The van der Waals surface area contributed by atoms with Crippen LogP contribution in [-0.2, 0) is 19.4 Å². The summed E-state index contributed by atoms with van der Waals surface area (Å²) in [6.45, 7) is 0.474. The highest BCUT2D eigenvalue weighted by Crippen LogP contribution is 2.39. The van der Waals surface area contributed by atoms with E-state index in [4.69, 9.17) is 4.74 Å². The zero-order chi connectivity index (χ0) is 13.9. The molecule has 0 atom stereocenters. The molecule has 0 fully saturated rings. The number of carbonyl (C=O) groups excluding carboxylic acids is 1. The van der Waals surface area contributed by atoms with E-state index in [1.165, 1.54) is 23.3 Å². The SMILES string of the molecule is COc1c(C(=O)NCc2nccs2)sc2c1CCCC2. The molecule has 0 spiro atoms. The summed E-state index contributed by atoms with van der Waals surface area (Å²) in [5.74, 6) is 0.720. The topological polar surface area (TPSA) is 51.2 Å². The second-order valence-electron chi connectivity index (χ2n) is 4.68. The van der Waals surface area contributed by atoms with Gasteiger partial charge in [0.2, 0.25) is 0 Å². The maximum absolute atomic E-state index is 12.3. The van der Waals surface area contributed by atoms with E-state index in [2.05, 4.69) is 10.3 Å². The lowest BCUT2D eigenvalue weighted by Crippen LogP contribution is -2.22. The highest BCUT2D eigenvalue weighted by atomic mass is 32.1. The molecule has 20 heavy (non-hydrogen) atoms. The highest BCUT2D eigenvalue weighted by Gasteiger charge is 2.25. The summed E-state index contributed by atoms with van der Waals surface area (Å²) < 4.78 is 5.48. The number of ether oxygens (including phenoxy) is 1. The first-order valence-corrected chi connectivity index (χ1v) is 8.34. The molecule has 4 nitrogen and oxygen atoms in total. The van der Waals surface area contributed by atoms with Crippen molar-refractivity contribution in [2.24, 2.45) is 0 Å². The van der Waals surface area contributed by atoms with Gasteiger partial charge in [-0.1, -0.05) is 0 Å². The lowest BCUT2D eigenvalue weighted by atomic mass is 9.98. The summed E-state index contributed by atoms with van der Waals surface area (Å²) in [4.78, 5) is 18.5. The van der Waals surface area contributed by atoms with Crippen LogP contribution in [0.4, 0.5) is 0 Å². The summed E-state index contributed by atoms with van der Waals surface area (Å²) in [6, 6.07) is 0. The van der Waals surface area contributed by atoms with Gasteiger partial charge in [0.05, 0.1) is 13.7 Å². The fraction of sp³-hybridized carbons (Fsp3) is 0.429. The molecule has 0 radical (unpaired) electrons. The van der Waals surface area contributed by atoms with Crippen molar-refractivity contribution in [1.82, 2.24) is 10.3 Å². The molecule has 0 bridgehead atoms. The number of aromatic nitrogens is 1. The van der Waals surface area contributed by atoms with Gasteiger partial charge in [-0.05, 0) is 25.7 Å². The molecule has 0 aromatic carbocycles. The van der Waals surface area contributed by atoms with Gasteiger partial charge in [-0.25, -0.2) is 4.98 Å². The van der Waals surface area contributed by atoms with Crippen LogP contribution >= 0.6 is 22.7 Å². The first-order chi connectivity index (χ1) is 9.79. The molecule has 1 amide bonds. The van der Waals surface area contributed by atoms with Crippen LogP contribution in [0, 0.1) is 0 Å². The number of amides is 1. The van der Waals surface area contributed by atoms with E-state index >= 15 is 0 Å². The molecular formula is C14H16N2O2S2. The number of rotatable bonds is 4. The third-order valence-corrected chi connectivity index (χ3v) is 5.47. The van der Waals surface area contributed by atoms with E-state index in [0.29, 0.717) is 11.4 Å². The molecular weight excluding hydrogens is 292 g/mol. The quantitative estimate of drug-likeness (QED) is 0.944. The smallest absolute Gasteiger partial charge is 0.265 e. The van der Waals surface area contributed by atoms with Crippen molar-refractivity contribution in [3.63, 3.8) is 0 Å². The molecule has 1 aliphatic carbocycles. The number of thiophene rings is 1. The summed E-state index contributed by atoms with van der Waals surface area (Å²) in [5, 5.41) is 5.75. The van der Waals surface area contributed by atoms with Gasteiger partial charge in [-0.3, -0.25) is 4.79 Å². The summed E-state index contributed by atoms with van der Waals surface area (Å²) >= 11 is 3.12. The van der Waals surface area contributed by atoms with Crippen molar-refractivity contribution in [2.45, 2.75) is 32.2 Å². The predicted octanol–water partition coefficient (Wildman–Crippen LogP) is 3.02. The fourth-order valence-corrected chi connectivity index (χ4v) is 4.31. The Morgan fingerprint density at radius 3 is 3.05 bits per heavy atom. The Morgan fingerprint density at radius 2 is 2.30 bits per heavy atom. The molecule has 0 aliphatic heterocycles. The van der Waals surface area contributed by atoms with E-state index < -0.39 is 0 Å². The Labute approximate surface area is 125 Å². The summed E-state index contributed by atoms with van der Waals surface area (Å²) in [5.41, 5.74) is 1.24. The molecule has 1 aliphatic rings.